The van der Waals surface area contributed by atoms with E-state index in [0.717, 1.165) is 31.8 Å². The zero-order valence-corrected chi connectivity index (χ0v) is 11.0. The molecule has 1 aromatic rings. The first-order chi connectivity index (χ1) is 7.65. The van der Waals surface area contributed by atoms with Gasteiger partial charge in [-0.2, -0.15) is 5.10 Å². The van der Waals surface area contributed by atoms with Crippen LogP contribution in [0.2, 0.25) is 0 Å². The average molecular weight is 245 g/mol. The molecule has 5 heteroatoms. The minimum atomic E-state index is 0.274. The van der Waals surface area contributed by atoms with Crippen molar-refractivity contribution in [3.05, 3.63) is 12.2 Å². The van der Waals surface area contributed by atoms with Gasteiger partial charge in [0.15, 0.2) is 0 Å². The van der Waals surface area contributed by atoms with Crippen molar-refractivity contribution in [3.63, 3.8) is 0 Å². The van der Waals surface area contributed by atoms with E-state index in [1.165, 1.54) is 0 Å². The molecule has 0 amide bonds. The van der Waals surface area contributed by atoms with Crippen molar-refractivity contribution in [2.45, 2.75) is 51.6 Å². The summed E-state index contributed by atoms with van der Waals surface area (Å²) in [6.45, 7) is 7.99. The third-order valence-corrected chi connectivity index (χ3v) is 3.02. The molecule has 1 N–H and O–H groups in total. The Morgan fingerprint density at radius 2 is 2.25 bits per heavy atom. The van der Waals surface area contributed by atoms with E-state index in [1.54, 1.807) is 6.33 Å². The van der Waals surface area contributed by atoms with E-state index < -0.39 is 0 Å². The van der Waals surface area contributed by atoms with Gasteiger partial charge in [0.2, 0.25) is 0 Å². The van der Waals surface area contributed by atoms with Gasteiger partial charge in [0.1, 0.15) is 12.2 Å². The summed E-state index contributed by atoms with van der Waals surface area (Å²) in [5.41, 5.74) is 0. The normalized spacial score (nSPS) is 13.3. The van der Waals surface area contributed by atoms with Crippen LogP contribution in [0, 0.1) is 0 Å². The van der Waals surface area contributed by atoms with Gasteiger partial charge in [-0.3, -0.25) is 0 Å². The average Bonchev–Trinajstić information content (AvgIpc) is 2.72. The highest BCUT2D eigenvalue weighted by atomic mass is 35.5. The lowest BCUT2D eigenvalue weighted by molar-refractivity contribution is 0.487. The van der Waals surface area contributed by atoms with Gasteiger partial charge < -0.3 is 5.32 Å². The Balaban J connectivity index is 2.29. The first-order valence-corrected chi connectivity index (χ1v) is 6.32. The highest BCUT2D eigenvalue weighted by Crippen LogP contribution is 2.06. The SMILES string of the molecule is CCC(Cl)CCNCc1ncnn1C(C)C. The molecule has 0 saturated heterocycles. The Bertz CT molecular complexity index is 298. The van der Waals surface area contributed by atoms with Crippen LogP contribution in [-0.4, -0.2) is 26.7 Å². The fraction of sp³-hybridized carbons (Fsp3) is 0.818. The van der Waals surface area contributed by atoms with Crippen LogP contribution >= 0.6 is 11.6 Å². The number of hydrogen-bond acceptors (Lipinski definition) is 3. The summed E-state index contributed by atoms with van der Waals surface area (Å²) >= 11 is 6.03. The van der Waals surface area contributed by atoms with Gasteiger partial charge >= 0.3 is 0 Å². The summed E-state index contributed by atoms with van der Waals surface area (Å²) in [6, 6.07) is 0.357. The van der Waals surface area contributed by atoms with Crippen molar-refractivity contribution in [2.24, 2.45) is 0 Å². The topological polar surface area (TPSA) is 42.7 Å². The summed E-state index contributed by atoms with van der Waals surface area (Å²) in [7, 11) is 0. The molecule has 0 spiro atoms. The first kappa shape index (κ1) is 13.5. The molecule has 1 aromatic heterocycles. The number of nitrogens with zero attached hydrogens (tertiary/aromatic N) is 3. The van der Waals surface area contributed by atoms with Crippen LogP contribution in [0.4, 0.5) is 0 Å². The second-order valence-electron chi connectivity index (χ2n) is 4.19. The van der Waals surface area contributed by atoms with Crippen LogP contribution in [0.3, 0.4) is 0 Å². The zero-order chi connectivity index (χ0) is 12.0. The molecule has 92 valence electrons. The van der Waals surface area contributed by atoms with E-state index >= 15 is 0 Å². The maximum atomic E-state index is 6.03. The summed E-state index contributed by atoms with van der Waals surface area (Å²) in [6.07, 6.45) is 3.62. The van der Waals surface area contributed by atoms with Gasteiger partial charge in [0.05, 0.1) is 6.54 Å². The van der Waals surface area contributed by atoms with E-state index in [9.17, 15) is 0 Å². The molecular weight excluding hydrogens is 224 g/mol. The Hall–Kier alpha value is -0.610. The molecule has 1 rings (SSSR count). The van der Waals surface area contributed by atoms with E-state index in [4.69, 9.17) is 11.6 Å². The lowest BCUT2D eigenvalue weighted by atomic mass is 10.2. The van der Waals surface area contributed by atoms with Crippen LogP contribution < -0.4 is 5.32 Å². The summed E-state index contributed by atoms with van der Waals surface area (Å²) in [5.74, 6) is 0.984. The van der Waals surface area contributed by atoms with Crippen molar-refractivity contribution >= 4 is 11.6 Å². The van der Waals surface area contributed by atoms with Crippen molar-refractivity contribution < 1.29 is 0 Å². The van der Waals surface area contributed by atoms with E-state index in [-0.39, 0.29) is 5.38 Å². The van der Waals surface area contributed by atoms with E-state index in [0.29, 0.717) is 6.04 Å². The maximum Gasteiger partial charge on any atom is 0.141 e. The third-order valence-electron chi connectivity index (χ3n) is 2.50. The molecule has 0 bridgehead atoms. The Morgan fingerprint density at radius 1 is 1.50 bits per heavy atom. The lowest BCUT2D eigenvalue weighted by Gasteiger charge is -2.11. The number of aromatic nitrogens is 3. The van der Waals surface area contributed by atoms with Crippen LogP contribution in [0.15, 0.2) is 6.33 Å². The maximum absolute atomic E-state index is 6.03. The van der Waals surface area contributed by atoms with Crippen molar-refractivity contribution in [1.29, 1.82) is 0 Å². The molecule has 0 fully saturated rings. The molecular formula is C11H21ClN4. The third kappa shape index (κ3) is 4.10. The van der Waals surface area contributed by atoms with Crippen molar-refractivity contribution in [2.75, 3.05) is 6.54 Å². The minimum Gasteiger partial charge on any atom is -0.310 e. The number of rotatable bonds is 7. The molecule has 1 unspecified atom stereocenters. The fourth-order valence-corrected chi connectivity index (χ4v) is 1.60. The summed E-state index contributed by atoms with van der Waals surface area (Å²) in [5, 5.41) is 7.80. The molecule has 1 heterocycles. The van der Waals surface area contributed by atoms with Gasteiger partial charge in [0.25, 0.3) is 0 Å². The second kappa shape index (κ2) is 6.86. The zero-order valence-electron chi connectivity index (χ0n) is 10.3. The van der Waals surface area contributed by atoms with Gasteiger partial charge in [-0.05, 0) is 33.2 Å². The number of hydrogen-bond donors (Lipinski definition) is 1. The lowest BCUT2D eigenvalue weighted by Crippen LogP contribution is -2.21. The minimum absolute atomic E-state index is 0.274. The van der Waals surface area contributed by atoms with Crippen molar-refractivity contribution in [3.8, 4) is 0 Å². The smallest absolute Gasteiger partial charge is 0.141 e. The Morgan fingerprint density at radius 3 is 2.88 bits per heavy atom. The van der Waals surface area contributed by atoms with E-state index in [1.807, 2.05) is 4.68 Å². The Labute approximate surface area is 102 Å². The molecule has 0 aromatic carbocycles. The van der Waals surface area contributed by atoms with Crippen LogP contribution in [0.5, 0.6) is 0 Å². The molecule has 0 aliphatic heterocycles. The predicted molar refractivity (Wildman–Crippen MR) is 66.7 cm³/mol. The van der Waals surface area contributed by atoms with Gasteiger partial charge in [-0.15, -0.1) is 11.6 Å². The molecule has 4 nitrogen and oxygen atoms in total. The quantitative estimate of drug-likeness (QED) is 0.592. The predicted octanol–water partition coefficient (Wildman–Crippen LogP) is 2.36. The molecule has 1 atom stereocenters. The fourth-order valence-electron chi connectivity index (χ4n) is 1.49. The largest absolute Gasteiger partial charge is 0.310 e. The number of nitrogens with one attached hydrogen (secondary N) is 1. The molecule has 16 heavy (non-hydrogen) atoms. The first-order valence-electron chi connectivity index (χ1n) is 5.88. The molecule has 0 aliphatic carbocycles. The summed E-state index contributed by atoms with van der Waals surface area (Å²) < 4.78 is 1.94. The Kier molecular flexibility index (Phi) is 5.77. The number of alkyl halides is 1. The van der Waals surface area contributed by atoms with Gasteiger partial charge in [-0.1, -0.05) is 6.92 Å². The molecule has 0 saturated carbocycles. The summed E-state index contributed by atoms with van der Waals surface area (Å²) in [4.78, 5) is 4.23. The number of halogens is 1. The standard InChI is InChI=1S/C11H21ClN4/c1-4-10(12)5-6-13-7-11-14-8-15-16(11)9(2)3/h8-10,13H,4-7H2,1-3H3. The monoisotopic (exact) mass is 244 g/mol. The van der Waals surface area contributed by atoms with Gasteiger partial charge in [0, 0.05) is 11.4 Å². The highest BCUT2D eigenvalue weighted by molar-refractivity contribution is 6.20. The molecule has 0 aliphatic rings. The van der Waals surface area contributed by atoms with Gasteiger partial charge in [-0.25, -0.2) is 9.67 Å². The van der Waals surface area contributed by atoms with Crippen LogP contribution in [0.1, 0.15) is 45.5 Å². The highest BCUT2D eigenvalue weighted by Gasteiger charge is 2.07. The molecule has 0 radical (unpaired) electrons. The van der Waals surface area contributed by atoms with E-state index in [2.05, 4.69) is 36.2 Å². The van der Waals surface area contributed by atoms with Crippen LogP contribution in [0.25, 0.3) is 0 Å². The second-order valence-corrected chi connectivity index (χ2v) is 4.80. The van der Waals surface area contributed by atoms with Crippen molar-refractivity contribution in [1.82, 2.24) is 20.1 Å². The van der Waals surface area contributed by atoms with Crippen LogP contribution in [-0.2, 0) is 6.54 Å².